The standard InChI is InChI=1S/C25H23BrFN7O3/c1-25(23(36)37)11-33(12-25)22(35)14-4-5-15(7-14)30-24-29-10-17-20(26)32-34(21(17)31-24)16-8-13-3-2-6-28-19(13)18(27)9-16/h2-3,6,8-10,14-15H,4-5,7,11-12H2,1H3,(H,36,37)(H,29,30,31)/t14-,15-/m1/s1. The van der Waals surface area contributed by atoms with Crippen LogP contribution in [0.4, 0.5) is 10.3 Å². The molecule has 190 valence electrons. The average molecular weight is 568 g/mol. The molecule has 2 atom stereocenters. The summed E-state index contributed by atoms with van der Waals surface area (Å²) in [5, 5.41) is 18.5. The summed E-state index contributed by atoms with van der Waals surface area (Å²) < 4.78 is 16.8. The molecule has 4 aromatic rings. The lowest BCUT2D eigenvalue weighted by Crippen LogP contribution is -2.61. The van der Waals surface area contributed by atoms with Crippen molar-refractivity contribution in [1.29, 1.82) is 0 Å². The Hall–Kier alpha value is -3.67. The predicted molar refractivity (Wildman–Crippen MR) is 137 cm³/mol. The number of nitrogens with zero attached hydrogens (tertiary/aromatic N) is 6. The molecule has 0 spiro atoms. The summed E-state index contributed by atoms with van der Waals surface area (Å²) in [6.07, 6.45) is 5.31. The van der Waals surface area contributed by atoms with Gasteiger partial charge in [-0.3, -0.25) is 14.6 Å². The number of hydrogen-bond donors (Lipinski definition) is 2. The van der Waals surface area contributed by atoms with Crippen molar-refractivity contribution in [2.75, 3.05) is 18.4 Å². The highest BCUT2D eigenvalue weighted by atomic mass is 79.9. The van der Waals surface area contributed by atoms with Crippen molar-refractivity contribution < 1.29 is 19.1 Å². The second-order valence-corrected chi connectivity index (χ2v) is 10.8. The van der Waals surface area contributed by atoms with E-state index in [0.29, 0.717) is 45.5 Å². The van der Waals surface area contributed by atoms with Gasteiger partial charge in [-0.05, 0) is 54.2 Å². The van der Waals surface area contributed by atoms with Crippen LogP contribution in [0.15, 0.2) is 41.3 Å². The Bertz CT molecular complexity index is 1570. The van der Waals surface area contributed by atoms with Crippen molar-refractivity contribution >= 4 is 55.7 Å². The van der Waals surface area contributed by atoms with Crippen molar-refractivity contribution in [2.24, 2.45) is 11.3 Å². The van der Waals surface area contributed by atoms with Gasteiger partial charge in [-0.25, -0.2) is 14.1 Å². The van der Waals surface area contributed by atoms with E-state index in [0.717, 1.165) is 6.42 Å². The van der Waals surface area contributed by atoms with E-state index in [1.54, 1.807) is 47.1 Å². The Morgan fingerprint density at radius 1 is 1.24 bits per heavy atom. The number of halogens is 2. The first-order valence-corrected chi connectivity index (χ1v) is 12.8. The van der Waals surface area contributed by atoms with Gasteiger partial charge in [0.2, 0.25) is 11.9 Å². The van der Waals surface area contributed by atoms with Crippen molar-refractivity contribution in [1.82, 2.24) is 29.6 Å². The molecule has 0 bridgehead atoms. The first-order chi connectivity index (χ1) is 17.7. The van der Waals surface area contributed by atoms with Gasteiger partial charge in [0.15, 0.2) is 11.5 Å². The molecule has 2 aliphatic rings. The fourth-order valence-electron chi connectivity index (χ4n) is 5.24. The van der Waals surface area contributed by atoms with Crippen LogP contribution < -0.4 is 5.32 Å². The minimum atomic E-state index is -0.871. The molecular formula is C25H23BrFN7O3. The van der Waals surface area contributed by atoms with Crippen LogP contribution in [0.1, 0.15) is 26.2 Å². The summed E-state index contributed by atoms with van der Waals surface area (Å²) in [6, 6.07) is 6.72. The molecule has 0 unspecified atom stereocenters. The summed E-state index contributed by atoms with van der Waals surface area (Å²) in [6.45, 7) is 2.16. The maximum atomic E-state index is 14.7. The first-order valence-electron chi connectivity index (χ1n) is 12.0. The molecule has 2 fully saturated rings. The van der Waals surface area contributed by atoms with Gasteiger partial charge in [-0.1, -0.05) is 6.07 Å². The molecule has 2 N–H and O–H groups in total. The van der Waals surface area contributed by atoms with Gasteiger partial charge in [0.05, 0.1) is 16.5 Å². The molecule has 1 amide bonds. The van der Waals surface area contributed by atoms with Gasteiger partial charge in [-0.15, -0.1) is 0 Å². The quantitative estimate of drug-likeness (QED) is 0.373. The van der Waals surface area contributed by atoms with E-state index in [1.807, 2.05) is 0 Å². The van der Waals surface area contributed by atoms with Gasteiger partial charge in [-0.2, -0.15) is 10.1 Å². The number of carbonyl (C=O) groups excluding carboxylic acids is 1. The number of nitrogens with one attached hydrogen (secondary N) is 1. The molecule has 1 saturated heterocycles. The lowest BCUT2D eigenvalue weighted by atomic mass is 9.81. The summed E-state index contributed by atoms with van der Waals surface area (Å²) in [5.41, 5.74) is 0.450. The molecule has 6 rings (SSSR count). The zero-order valence-electron chi connectivity index (χ0n) is 19.9. The van der Waals surface area contributed by atoms with Gasteiger partial charge in [0.25, 0.3) is 0 Å². The number of benzene rings is 1. The van der Waals surface area contributed by atoms with Crippen LogP contribution in [-0.4, -0.2) is 65.7 Å². The van der Waals surface area contributed by atoms with E-state index < -0.39 is 17.2 Å². The van der Waals surface area contributed by atoms with Crippen molar-refractivity contribution in [3.63, 3.8) is 0 Å². The summed E-state index contributed by atoms with van der Waals surface area (Å²) >= 11 is 3.45. The molecule has 12 heteroatoms. The largest absolute Gasteiger partial charge is 0.481 e. The predicted octanol–water partition coefficient (Wildman–Crippen LogP) is 3.78. The van der Waals surface area contributed by atoms with Gasteiger partial charge < -0.3 is 15.3 Å². The average Bonchev–Trinajstić information content (AvgIpc) is 3.46. The molecule has 3 aromatic heterocycles. The number of carbonyl (C=O) groups is 2. The fourth-order valence-corrected chi connectivity index (χ4v) is 5.68. The van der Waals surface area contributed by atoms with E-state index in [9.17, 15) is 19.1 Å². The number of pyridine rings is 1. The number of likely N-dealkylation sites (tertiary alicyclic amines) is 1. The van der Waals surface area contributed by atoms with Crippen LogP contribution in [0, 0.1) is 17.2 Å². The lowest BCUT2D eigenvalue weighted by molar-refractivity contribution is -0.165. The lowest BCUT2D eigenvalue weighted by Gasteiger charge is -2.45. The molecule has 4 heterocycles. The van der Waals surface area contributed by atoms with Crippen LogP contribution in [0.5, 0.6) is 0 Å². The maximum Gasteiger partial charge on any atom is 0.312 e. The molecule has 1 aromatic carbocycles. The van der Waals surface area contributed by atoms with Crippen LogP contribution >= 0.6 is 15.9 Å². The third-order valence-electron chi connectivity index (χ3n) is 7.29. The topological polar surface area (TPSA) is 126 Å². The van der Waals surface area contributed by atoms with Crippen LogP contribution in [0.3, 0.4) is 0 Å². The number of rotatable bonds is 5. The van der Waals surface area contributed by atoms with Crippen molar-refractivity contribution in [3.05, 3.63) is 47.1 Å². The van der Waals surface area contributed by atoms with Gasteiger partial charge in [0.1, 0.15) is 10.1 Å². The summed E-state index contributed by atoms with van der Waals surface area (Å²) in [5.74, 6) is -1.08. The Morgan fingerprint density at radius 2 is 2.05 bits per heavy atom. The van der Waals surface area contributed by atoms with E-state index in [-0.39, 0.29) is 36.5 Å². The van der Waals surface area contributed by atoms with Crippen molar-refractivity contribution in [3.8, 4) is 5.69 Å². The van der Waals surface area contributed by atoms with Crippen LogP contribution in [-0.2, 0) is 9.59 Å². The third-order valence-corrected chi connectivity index (χ3v) is 7.88. The number of carboxylic acids is 1. The number of aromatic nitrogens is 5. The second-order valence-electron chi connectivity index (χ2n) is 10.0. The van der Waals surface area contributed by atoms with Gasteiger partial charge in [0, 0.05) is 48.9 Å². The number of hydrogen-bond acceptors (Lipinski definition) is 7. The van der Waals surface area contributed by atoms with Gasteiger partial charge >= 0.3 is 5.97 Å². The normalized spacial score (nSPS) is 20.8. The number of amides is 1. The SMILES string of the molecule is CC1(C(=O)O)CN(C(=O)[C@@H]2CC[C@@H](Nc3ncc4c(Br)nn(-c5cc(F)c6ncccc6c5)c4n3)C2)C1. The van der Waals surface area contributed by atoms with E-state index >= 15 is 0 Å². The van der Waals surface area contributed by atoms with Crippen LogP contribution in [0.25, 0.3) is 27.6 Å². The highest BCUT2D eigenvalue weighted by Gasteiger charge is 2.49. The Morgan fingerprint density at radius 3 is 2.84 bits per heavy atom. The number of carboxylic acid groups (broad SMARTS) is 1. The molecule has 10 nitrogen and oxygen atoms in total. The Kier molecular flexibility index (Phi) is 5.59. The van der Waals surface area contributed by atoms with Crippen molar-refractivity contribution in [2.45, 2.75) is 32.2 Å². The minimum Gasteiger partial charge on any atom is -0.481 e. The Labute approximate surface area is 219 Å². The number of aliphatic carboxylic acids is 1. The zero-order chi connectivity index (χ0) is 25.9. The smallest absolute Gasteiger partial charge is 0.312 e. The highest BCUT2D eigenvalue weighted by molar-refractivity contribution is 9.10. The van der Waals surface area contributed by atoms with E-state index in [4.69, 9.17) is 0 Å². The molecule has 1 saturated carbocycles. The van der Waals surface area contributed by atoms with E-state index in [2.05, 4.69) is 41.3 Å². The molecule has 0 radical (unpaired) electrons. The minimum absolute atomic E-state index is 0.00235. The maximum absolute atomic E-state index is 14.7. The summed E-state index contributed by atoms with van der Waals surface area (Å²) in [4.78, 5) is 39.0. The third kappa shape index (κ3) is 4.08. The molecule has 1 aliphatic heterocycles. The molecular weight excluding hydrogens is 545 g/mol. The summed E-state index contributed by atoms with van der Waals surface area (Å²) in [7, 11) is 0. The molecule has 37 heavy (non-hydrogen) atoms. The first kappa shape index (κ1) is 23.7. The number of anilines is 1. The number of fused-ring (bicyclic) bond motifs is 2. The van der Waals surface area contributed by atoms with E-state index in [1.165, 1.54) is 6.07 Å². The van der Waals surface area contributed by atoms with Crippen LogP contribution in [0.2, 0.25) is 0 Å². The molecule has 1 aliphatic carbocycles. The highest BCUT2D eigenvalue weighted by Crippen LogP contribution is 2.36. The Balaban J connectivity index is 1.21. The second kappa shape index (κ2) is 8.72. The monoisotopic (exact) mass is 567 g/mol. The fraction of sp³-hybridized carbons (Fsp3) is 0.360. The zero-order valence-corrected chi connectivity index (χ0v) is 21.4.